The average Bonchev–Trinajstić information content (AvgIpc) is 2.89. The van der Waals surface area contributed by atoms with Crippen molar-refractivity contribution in [3.05, 3.63) is 53.3 Å². The lowest BCUT2D eigenvalue weighted by Gasteiger charge is -2.06. The number of aryl methyl sites for hydroxylation is 3. The number of fused-ring (bicyclic) bond motifs is 1. The predicted molar refractivity (Wildman–Crippen MR) is 94.6 cm³/mol. The lowest BCUT2D eigenvalue weighted by molar-refractivity contribution is 0.495. The molecule has 0 unspecified atom stereocenters. The van der Waals surface area contributed by atoms with Crippen molar-refractivity contribution in [3.8, 4) is 11.1 Å². The quantitative estimate of drug-likeness (QED) is 0.649. The summed E-state index contributed by atoms with van der Waals surface area (Å²) >= 11 is 0. The molecule has 0 radical (unpaired) electrons. The number of benzene rings is 1. The lowest BCUT2D eigenvalue weighted by atomic mass is 10.00. The van der Waals surface area contributed by atoms with Gasteiger partial charge in [0, 0.05) is 29.3 Å². The Kier molecular flexibility index (Phi) is 4.75. The van der Waals surface area contributed by atoms with Crippen molar-refractivity contribution in [2.24, 2.45) is 0 Å². The molecule has 0 aliphatic rings. The summed E-state index contributed by atoms with van der Waals surface area (Å²) in [5.74, 6) is 0. The highest BCUT2D eigenvalue weighted by Gasteiger charge is 2.11. The van der Waals surface area contributed by atoms with E-state index in [1.54, 1.807) is 0 Å². The van der Waals surface area contributed by atoms with Crippen LogP contribution in [-0.4, -0.2) is 16.6 Å². The second-order valence-electron chi connectivity index (χ2n) is 6.09. The summed E-state index contributed by atoms with van der Waals surface area (Å²) in [5.41, 5.74) is 6.53. The highest BCUT2D eigenvalue weighted by atomic mass is 19.1. The van der Waals surface area contributed by atoms with Crippen LogP contribution >= 0.6 is 0 Å². The molecule has 0 spiro atoms. The molecule has 0 saturated heterocycles. The standard InChI is InChI=1S/C20H23FN2/c1-3-4-6-15-7-5-8-16(11-15)17-12-19-18(9-10-21)14(2)23-20(19)22-13-17/h5,7-8,11-13H,3-4,6,9-10H2,1-2H3,(H,22,23). The van der Waals surface area contributed by atoms with Gasteiger partial charge in [0.2, 0.25) is 0 Å². The third kappa shape index (κ3) is 3.29. The van der Waals surface area contributed by atoms with Gasteiger partial charge in [-0.15, -0.1) is 0 Å². The van der Waals surface area contributed by atoms with Crippen LogP contribution in [0.1, 0.15) is 36.6 Å². The van der Waals surface area contributed by atoms with Crippen molar-refractivity contribution in [1.82, 2.24) is 9.97 Å². The number of hydrogen-bond donors (Lipinski definition) is 1. The van der Waals surface area contributed by atoms with Gasteiger partial charge in [-0.1, -0.05) is 37.6 Å². The van der Waals surface area contributed by atoms with Crippen molar-refractivity contribution in [2.75, 3.05) is 6.67 Å². The van der Waals surface area contributed by atoms with Crippen LogP contribution < -0.4 is 0 Å². The number of nitrogens with one attached hydrogen (secondary N) is 1. The molecule has 2 heterocycles. The molecule has 0 saturated carbocycles. The van der Waals surface area contributed by atoms with Crippen LogP contribution in [0.4, 0.5) is 4.39 Å². The highest BCUT2D eigenvalue weighted by Crippen LogP contribution is 2.27. The van der Waals surface area contributed by atoms with Gasteiger partial charge in [-0.05, 0) is 42.5 Å². The number of nitrogens with zero attached hydrogens (tertiary/aromatic N) is 1. The van der Waals surface area contributed by atoms with Gasteiger partial charge in [0.1, 0.15) is 5.65 Å². The van der Waals surface area contributed by atoms with Gasteiger partial charge in [-0.3, -0.25) is 4.39 Å². The zero-order valence-corrected chi connectivity index (χ0v) is 13.8. The third-order valence-electron chi connectivity index (χ3n) is 4.40. The molecule has 23 heavy (non-hydrogen) atoms. The molecule has 2 aromatic heterocycles. The Balaban J connectivity index is 2.01. The fourth-order valence-electron chi connectivity index (χ4n) is 3.11. The van der Waals surface area contributed by atoms with Crippen molar-refractivity contribution >= 4 is 11.0 Å². The molecule has 120 valence electrons. The SMILES string of the molecule is CCCCc1cccc(-c2cnc3[nH]c(C)c(CCF)c3c2)c1. The molecule has 0 fully saturated rings. The van der Waals surface area contributed by atoms with Crippen molar-refractivity contribution < 1.29 is 4.39 Å². The Morgan fingerprint density at radius 3 is 2.78 bits per heavy atom. The van der Waals surface area contributed by atoms with Crippen LogP contribution in [0.3, 0.4) is 0 Å². The number of hydrogen-bond acceptors (Lipinski definition) is 1. The fraction of sp³-hybridized carbons (Fsp3) is 0.350. The summed E-state index contributed by atoms with van der Waals surface area (Å²) in [6.45, 7) is 3.85. The predicted octanol–water partition coefficient (Wildman–Crippen LogP) is 5.39. The number of aromatic nitrogens is 2. The summed E-state index contributed by atoms with van der Waals surface area (Å²) in [6, 6.07) is 10.8. The van der Waals surface area contributed by atoms with Gasteiger partial charge >= 0.3 is 0 Å². The molecular formula is C20H23FN2. The first-order valence-corrected chi connectivity index (χ1v) is 8.35. The molecule has 3 heteroatoms. The number of alkyl halides is 1. The Labute approximate surface area is 136 Å². The summed E-state index contributed by atoms with van der Waals surface area (Å²) in [6.07, 6.45) is 5.85. The first kappa shape index (κ1) is 15.7. The van der Waals surface area contributed by atoms with E-state index in [4.69, 9.17) is 0 Å². The molecule has 0 amide bonds. The number of unbranched alkanes of at least 4 members (excludes halogenated alkanes) is 1. The Morgan fingerprint density at radius 1 is 1.13 bits per heavy atom. The molecule has 2 nitrogen and oxygen atoms in total. The Bertz CT molecular complexity index is 805. The Morgan fingerprint density at radius 2 is 2.00 bits per heavy atom. The van der Waals surface area contributed by atoms with Gasteiger partial charge in [0.05, 0.1) is 6.67 Å². The van der Waals surface area contributed by atoms with E-state index in [-0.39, 0.29) is 6.67 Å². The topological polar surface area (TPSA) is 28.7 Å². The monoisotopic (exact) mass is 310 g/mol. The second kappa shape index (κ2) is 6.95. The molecule has 1 N–H and O–H groups in total. The van der Waals surface area contributed by atoms with Crippen LogP contribution in [0.15, 0.2) is 36.5 Å². The van der Waals surface area contributed by atoms with Crippen LogP contribution in [0.2, 0.25) is 0 Å². The maximum absolute atomic E-state index is 12.8. The van der Waals surface area contributed by atoms with Crippen LogP contribution in [0.5, 0.6) is 0 Å². The summed E-state index contributed by atoms with van der Waals surface area (Å²) in [5, 5.41) is 1.04. The molecule has 0 aliphatic heterocycles. The van der Waals surface area contributed by atoms with E-state index in [1.165, 1.54) is 24.0 Å². The van der Waals surface area contributed by atoms with E-state index in [2.05, 4.69) is 47.2 Å². The molecule has 3 rings (SSSR count). The lowest BCUT2D eigenvalue weighted by Crippen LogP contribution is -1.89. The van der Waals surface area contributed by atoms with E-state index in [1.807, 2.05) is 13.1 Å². The number of aromatic amines is 1. The van der Waals surface area contributed by atoms with E-state index < -0.39 is 0 Å². The zero-order valence-electron chi connectivity index (χ0n) is 13.8. The van der Waals surface area contributed by atoms with Gasteiger partial charge in [-0.2, -0.15) is 0 Å². The Hall–Kier alpha value is -2.16. The van der Waals surface area contributed by atoms with E-state index in [0.717, 1.165) is 34.3 Å². The van der Waals surface area contributed by atoms with Gasteiger partial charge in [0.15, 0.2) is 0 Å². The fourth-order valence-corrected chi connectivity index (χ4v) is 3.11. The normalized spacial score (nSPS) is 11.3. The minimum Gasteiger partial charge on any atom is -0.343 e. The van der Waals surface area contributed by atoms with Gasteiger partial charge in [0.25, 0.3) is 0 Å². The third-order valence-corrected chi connectivity index (χ3v) is 4.40. The van der Waals surface area contributed by atoms with Crippen molar-refractivity contribution in [1.29, 1.82) is 0 Å². The van der Waals surface area contributed by atoms with Crippen LogP contribution in [-0.2, 0) is 12.8 Å². The molecule has 0 aliphatic carbocycles. The minimum absolute atomic E-state index is 0.343. The minimum atomic E-state index is -0.343. The maximum atomic E-state index is 12.8. The number of pyridine rings is 1. The van der Waals surface area contributed by atoms with Gasteiger partial charge < -0.3 is 4.98 Å². The van der Waals surface area contributed by atoms with Gasteiger partial charge in [-0.25, -0.2) is 4.98 Å². The largest absolute Gasteiger partial charge is 0.343 e. The summed E-state index contributed by atoms with van der Waals surface area (Å²) in [4.78, 5) is 7.79. The van der Waals surface area contributed by atoms with Crippen molar-refractivity contribution in [2.45, 2.75) is 39.5 Å². The molecular weight excluding hydrogens is 287 g/mol. The molecule has 0 atom stereocenters. The molecule has 1 aromatic carbocycles. The van der Waals surface area contributed by atoms with E-state index in [9.17, 15) is 4.39 Å². The van der Waals surface area contributed by atoms with E-state index >= 15 is 0 Å². The molecule has 0 bridgehead atoms. The smallest absolute Gasteiger partial charge is 0.137 e. The van der Waals surface area contributed by atoms with Crippen LogP contribution in [0, 0.1) is 6.92 Å². The first-order chi connectivity index (χ1) is 11.2. The summed E-state index contributed by atoms with van der Waals surface area (Å²) in [7, 11) is 0. The first-order valence-electron chi connectivity index (χ1n) is 8.35. The van der Waals surface area contributed by atoms with Crippen molar-refractivity contribution in [3.63, 3.8) is 0 Å². The number of halogens is 1. The molecule has 3 aromatic rings. The number of rotatable bonds is 6. The van der Waals surface area contributed by atoms with E-state index in [0.29, 0.717) is 6.42 Å². The number of H-pyrrole nitrogens is 1. The van der Waals surface area contributed by atoms with Crippen LogP contribution in [0.25, 0.3) is 22.2 Å². The maximum Gasteiger partial charge on any atom is 0.137 e. The average molecular weight is 310 g/mol. The second-order valence-corrected chi connectivity index (χ2v) is 6.09. The highest BCUT2D eigenvalue weighted by molar-refractivity contribution is 5.85. The zero-order chi connectivity index (χ0) is 16.2. The summed E-state index contributed by atoms with van der Waals surface area (Å²) < 4.78 is 12.8.